The maximum Gasteiger partial charge on any atom is 0.330 e. The van der Waals surface area contributed by atoms with Gasteiger partial charge in [-0.1, -0.05) is 27.7 Å². The molecule has 13 heteroatoms. The average molecular weight is 660 g/mol. The minimum absolute atomic E-state index is 0.0677. The Hall–Kier alpha value is -3.55. The highest BCUT2D eigenvalue weighted by Gasteiger charge is 2.46. The molecule has 5 heterocycles. The largest absolute Gasteiger partial charge is 0.494 e. The number of ether oxygens (including phenoxy) is 2. The molecule has 1 spiro atoms. The number of anilines is 4. The predicted molar refractivity (Wildman–Crippen MR) is 187 cm³/mol. The lowest BCUT2D eigenvalue weighted by Gasteiger charge is -2.53. The smallest absolute Gasteiger partial charge is 0.330 e. The van der Waals surface area contributed by atoms with Gasteiger partial charge >= 0.3 is 7.41 Å². The second-order valence-corrected chi connectivity index (χ2v) is 19.8. The molecule has 249 valence electrons. The molecule has 0 aliphatic carbocycles. The first-order chi connectivity index (χ1) is 22.3. The number of halogens is 1. The highest BCUT2D eigenvalue weighted by molar-refractivity contribution is 6.74. The first-order valence-corrected chi connectivity index (χ1v) is 19.2. The van der Waals surface area contributed by atoms with Crippen molar-refractivity contribution in [2.45, 2.75) is 64.1 Å². The van der Waals surface area contributed by atoms with Gasteiger partial charge in [-0.3, -0.25) is 0 Å². The minimum Gasteiger partial charge on any atom is -0.494 e. The Kier molecular flexibility index (Phi) is 8.86. The zero-order valence-corrected chi connectivity index (χ0v) is 29.5. The van der Waals surface area contributed by atoms with E-state index in [0.29, 0.717) is 41.9 Å². The quantitative estimate of drug-likeness (QED) is 0.207. The number of hydrogen-bond donors (Lipinski definition) is 1. The molecule has 0 saturated carbocycles. The van der Waals surface area contributed by atoms with Gasteiger partial charge < -0.3 is 33.7 Å². The summed E-state index contributed by atoms with van der Waals surface area (Å²) >= 11 is 0. The summed E-state index contributed by atoms with van der Waals surface area (Å²) in [5.41, 5.74) is 3.24. The van der Waals surface area contributed by atoms with Gasteiger partial charge in [0.2, 0.25) is 5.95 Å². The summed E-state index contributed by atoms with van der Waals surface area (Å²) in [6.45, 7) is 17.6. The normalized spacial score (nSPS) is 20.5. The lowest BCUT2D eigenvalue weighted by Crippen LogP contribution is -2.58. The Bertz CT molecular complexity index is 1640. The van der Waals surface area contributed by atoms with Crippen LogP contribution in [0.2, 0.25) is 18.1 Å². The van der Waals surface area contributed by atoms with Crippen LogP contribution in [-0.4, -0.2) is 83.4 Å². The number of rotatable bonds is 10. The third kappa shape index (κ3) is 6.49. The van der Waals surface area contributed by atoms with Crippen molar-refractivity contribution in [3.8, 4) is 17.0 Å². The zero-order valence-electron chi connectivity index (χ0n) is 28.5. The predicted octanol–water partition coefficient (Wildman–Crippen LogP) is 5.96. The molecule has 3 aromatic rings. The third-order valence-electron chi connectivity index (χ3n) is 10.5. The number of nitrogens with zero attached hydrogens (tertiary/aromatic N) is 5. The van der Waals surface area contributed by atoms with Crippen LogP contribution in [0.5, 0.6) is 5.75 Å². The van der Waals surface area contributed by atoms with Gasteiger partial charge in [0.25, 0.3) is 0 Å². The van der Waals surface area contributed by atoms with E-state index in [4.69, 9.17) is 23.9 Å². The summed E-state index contributed by atoms with van der Waals surface area (Å²) in [6.07, 6.45) is 6.22. The van der Waals surface area contributed by atoms with Crippen LogP contribution >= 0.6 is 0 Å². The molecule has 47 heavy (non-hydrogen) atoms. The van der Waals surface area contributed by atoms with Gasteiger partial charge in [0, 0.05) is 85.9 Å². The number of fused-ring (bicyclic) bond motifs is 1. The maximum atomic E-state index is 15.5. The number of carbonyl (C=O) groups is 1. The SMILES string of the molecule is COc1cc(N2CC3(CCOCC3)C2)c(F)cc1Nc1nccc(-c2cnc3c(c2)C(C)(CO[Si](C)(C)C(C)(C)C)CN3[B]C=O)n1. The van der Waals surface area contributed by atoms with Crippen molar-refractivity contribution < 1.29 is 23.1 Å². The van der Waals surface area contributed by atoms with Crippen LogP contribution in [-0.2, 0) is 19.4 Å². The Morgan fingerprint density at radius 2 is 1.89 bits per heavy atom. The zero-order chi connectivity index (χ0) is 33.6. The first-order valence-electron chi connectivity index (χ1n) is 16.3. The molecule has 3 aliphatic heterocycles. The number of aromatic nitrogens is 3. The van der Waals surface area contributed by atoms with E-state index >= 15 is 4.39 Å². The number of nitrogens with one attached hydrogen (secondary N) is 1. The highest BCUT2D eigenvalue weighted by Crippen LogP contribution is 2.46. The van der Waals surface area contributed by atoms with Crippen LogP contribution in [0.1, 0.15) is 46.1 Å². The monoisotopic (exact) mass is 659 g/mol. The molecule has 10 nitrogen and oxygen atoms in total. The summed E-state index contributed by atoms with van der Waals surface area (Å²) in [7, 11) is 1.07. The van der Waals surface area contributed by atoms with Gasteiger partial charge in [-0.15, -0.1) is 0 Å². The molecule has 1 N–H and O–H groups in total. The van der Waals surface area contributed by atoms with Crippen molar-refractivity contribution in [2.75, 3.05) is 61.6 Å². The van der Waals surface area contributed by atoms with Crippen LogP contribution in [0.25, 0.3) is 11.3 Å². The molecule has 2 saturated heterocycles. The number of carbonyl (C=O) groups excluding carboxylic acids is 1. The molecule has 6 rings (SSSR count). The number of benzene rings is 1. The van der Waals surface area contributed by atoms with Crippen molar-refractivity contribution in [3.63, 3.8) is 0 Å². The summed E-state index contributed by atoms with van der Waals surface area (Å²) in [5.74, 6) is 1.22. The first kappa shape index (κ1) is 33.4. The molecule has 2 aromatic heterocycles. The van der Waals surface area contributed by atoms with Gasteiger partial charge in [-0.2, -0.15) is 0 Å². The van der Waals surface area contributed by atoms with Crippen LogP contribution in [0.4, 0.5) is 27.5 Å². The second-order valence-electron chi connectivity index (χ2n) is 15.0. The van der Waals surface area contributed by atoms with Crippen molar-refractivity contribution in [2.24, 2.45) is 5.41 Å². The number of pyridine rings is 1. The summed E-state index contributed by atoms with van der Waals surface area (Å²) in [5, 5.41) is 3.23. The molecule has 0 amide bonds. The highest BCUT2D eigenvalue weighted by atomic mass is 28.4. The van der Waals surface area contributed by atoms with Gasteiger partial charge in [0.05, 0.1) is 24.2 Å². The fourth-order valence-electron chi connectivity index (χ4n) is 6.49. The van der Waals surface area contributed by atoms with Gasteiger partial charge in [0.15, 0.2) is 8.32 Å². The van der Waals surface area contributed by atoms with Gasteiger partial charge in [-0.05, 0) is 43.1 Å². The molecule has 3 aliphatic rings. The van der Waals surface area contributed by atoms with E-state index in [1.54, 1.807) is 25.6 Å². The summed E-state index contributed by atoms with van der Waals surface area (Å²) in [4.78, 5) is 29.4. The fraction of sp³-hybridized carbons (Fsp3) is 0.529. The van der Waals surface area contributed by atoms with Gasteiger partial charge in [0.1, 0.15) is 23.6 Å². The Morgan fingerprint density at radius 3 is 2.57 bits per heavy atom. The lowest BCUT2D eigenvalue weighted by molar-refractivity contribution is -0.000399. The van der Waals surface area contributed by atoms with Crippen LogP contribution in [0, 0.1) is 11.2 Å². The Morgan fingerprint density at radius 1 is 1.15 bits per heavy atom. The Labute approximate surface area is 278 Å². The summed E-state index contributed by atoms with van der Waals surface area (Å²) in [6, 6.07) is 7.09. The average Bonchev–Trinajstić information content (AvgIpc) is 3.30. The van der Waals surface area contributed by atoms with Gasteiger partial charge in [-0.25, -0.2) is 19.3 Å². The molecule has 1 atom stereocenters. The fourth-order valence-corrected chi connectivity index (χ4v) is 7.60. The molecule has 1 radical (unpaired) electrons. The van der Waals surface area contributed by atoms with E-state index in [0.717, 1.165) is 62.3 Å². The second kappa shape index (κ2) is 12.5. The molecule has 0 bridgehead atoms. The summed E-state index contributed by atoms with van der Waals surface area (Å²) < 4.78 is 33.4. The van der Waals surface area contributed by atoms with Crippen molar-refractivity contribution >= 4 is 45.1 Å². The van der Waals surface area contributed by atoms with E-state index in [1.165, 1.54) is 13.5 Å². The van der Waals surface area contributed by atoms with E-state index in [-0.39, 0.29) is 16.3 Å². The van der Waals surface area contributed by atoms with E-state index in [1.807, 2.05) is 10.9 Å². The molecule has 1 unspecified atom stereocenters. The van der Waals surface area contributed by atoms with Crippen LogP contribution in [0.15, 0.2) is 36.7 Å². The standard InChI is InChI=1S/C34H45BFN6O4Si/c1-32(2,3)47(6,7)46-21-33(4)18-42(35-22-43)30-24(33)14-23(17-38-30)26-8-11-37-31(39-26)40-27-15-25(36)28(16-29(27)44-5)41-19-34(20-41)9-12-45-13-10-34/h8,11,14-17,22H,9-10,12-13,18-21H2,1-7H3,(H,37,39,40). The number of methoxy groups -OCH3 is 1. The van der Waals surface area contributed by atoms with Crippen molar-refractivity contribution in [3.05, 3.63) is 48.0 Å². The van der Waals surface area contributed by atoms with E-state index < -0.39 is 13.7 Å². The van der Waals surface area contributed by atoms with Crippen molar-refractivity contribution in [1.82, 2.24) is 15.0 Å². The molecule has 2 fully saturated rings. The van der Waals surface area contributed by atoms with E-state index in [2.05, 4.69) is 62.1 Å². The minimum atomic E-state index is -2.03. The lowest BCUT2D eigenvalue weighted by atomic mass is 9.73. The number of hydrogen-bond acceptors (Lipinski definition) is 10. The van der Waals surface area contributed by atoms with Crippen LogP contribution < -0.4 is 19.8 Å². The maximum absolute atomic E-state index is 15.5. The topological polar surface area (TPSA) is 102 Å². The third-order valence-corrected chi connectivity index (χ3v) is 15.0. The molecular weight excluding hydrogens is 614 g/mol. The molecule has 1 aromatic carbocycles. The van der Waals surface area contributed by atoms with E-state index in [9.17, 15) is 4.79 Å². The van der Waals surface area contributed by atoms with Crippen molar-refractivity contribution in [1.29, 1.82) is 0 Å². The van der Waals surface area contributed by atoms with Crippen LogP contribution in [0.3, 0.4) is 0 Å². The Balaban J connectivity index is 1.24. The molecular formula is C34H45BFN6O4Si.